The highest BCUT2D eigenvalue weighted by molar-refractivity contribution is 7.25. The van der Waals surface area contributed by atoms with Crippen LogP contribution in [0.3, 0.4) is 0 Å². The van der Waals surface area contributed by atoms with E-state index in [2.05, 4.69) is 207 Å². The Morgan fingerprint density at radius 2 is 1.08 bits per heavy atom. The standard InChI is InChI=1S/C68H61BN2O2S/c1-64(2,3)36-20-22-37(23-21-36)71-51-31-42-41-28-45-48(68(10,11)27-25-65(45,4)5)34-57(41)74-56(42)32-44(51)58-59-39-17-13-15-19-54(39)73-63(59)60-43-29-46-47(67(8,9)26-24-66(46,6)7)33-50(43)70-52-30-40-38-16-12-14-18-53(38)72-55(40)35-49(52)69(71)61(58)62(60)70/h12-23,28-35H,24-27H2,1-11H3. The summed E-state index contributed by atoms with van der Waals surface area (Å²) in [6, 6.07) is 47.3. The number of thiophene rings is 1. The summed E-state index contributed by atoms with van der Waals surface area (Å²) in [6.07, 6.45) is 4.67. The first kappa shape index (κ1) is 43.6. The summed E-state index contributed by atoms with van der Waals surface area (Å²) in [5, 5.41) is 9.82. The van der Waals surface area contributed by atoms with Crippen molar-refractivity contribution in [3.63, 3.8) is 0 Å². The van der Waals surface area contributed by atoms with Crippen LogP contribution in [0.5, 0.6) is 0 Å². The third-order valence-corrected chi connectivity index (χ3v) is 20.3. The van der Waals surface area contributed by atoms with E-state index in [0.29, 0.717) is 0 Å². The molecule has 4 nitrogen and oxygen atoms in total. The highest BCUT2D eigenvalue weighted by Crippen LogP contribution is 2.56. The maximum atomic E-state index is 7.42. The molecular weight excluding hydrogens is 920 g/mol. The molecule has 2 aliphatic carbocycles. The van der Waals surface area contributed by atoms with Crippen LogP contribution in [-0.2, 0) is 27.1 Å². The van der Waals surface area contributed by atoms with Crippen LogP contribution in [-0.4, -0.2) is 11.4 Å². The zero-order valence-electron chi connectivity index (χ0n) is 44.6. The Bertz CT molecular complexity index is 4540. The van der Waals surface area contributed by atoms with Crippen LogP contribution < -0.4 is 15.7 Å². The number of furan rings is 2. The lowest BCUT2D eigenvalue weighted by atomic mass is 9.43. The van der Waals surface area contributed by atoms with Crippen molar-refractivity contribution in [2.45, 2.75) is 129 Å². The van der Waals surface area contributed by atoms with E-state index in [1.54, 1.807) is 0 Å². The number of nitrogens with zero attached hydrogens (tertiary/aromatic N) is 2. The van der Waals surface area contributed by atoms with E-state index in [-0.39, 0.29) is 33.9 Å². The van der Waals surface area contributed by atoms with Gasteiger partial charge in [0.25, 0.3) is 0 Å². The summed E-state index contributed by atoms with van der Waals surface area (Å²) in [5.41, 5.74) is 22.5. The molecule has 74 heavy (non-hydrogen) atoms. The van der Waals surface area contributed by atoms with Crippen LogP contribution >= 0.6 is 11.3 Å². The zero-order valence-corrected chi connectivity index (χ0v) is 45.4. The predicted octanol–water partition coefficient (Wildman–Crippen LogP) is 18.2. The predicted molar refractivity (Wildman–Crippen MR) is 317 cm³/mol. The average Bonchev–Trinajstić information content (AvgIpc) is 4.23. The van der Waals surface area contributed by atoms with Gasteiger partial charge in [-0.3, -0.25) is 0 Å². The Hall–Kier alpha value is -6.76. The largest absolute Gasteiger partial charge is 0.456 e. The molecule has 12 aromatic rings. The van der Waals surface area contributed by atoms with Crippen molar-refractivity contribution < 1.29 is 8.83 Å². The lowest BCUT2D eigenvalue weighted by Gasteiger charge is -2.42. The molecule has 6 heterocycles. The number of aromatic nitrogens is 1. The van der Waals surface area contributed by atoms with E-state index in [4.69, 9.17) is 8.83 Å². The molecule has 0 fully saturated rings. The lowest BCUT2D eigenvalue weighted by molar-refractivity contribution is 0.332. The van der Waals surface area contributed by atoms with Crippen LogP contribution in [0.15, 0.2) is 130 Å². The SMILES string of the molecule is CC(C)(C)c1ccc(N2B3c4cc5oc6ccccc6c5cc4-n4c5cc6c(cc5c5c7oc8ccccc8c7c(c3c54)-c3cc4sc5cc7c(cc5c4cc32)C(C)(C)CCC7(C)C)C(C)(C)CCC6(C)C)cc1. The van der Waals surface area contributed by atoms with Crippen LogP contribution in [0.4, 0.5) is 11.4 Å². The third-order valence-electron chi connectivity index (χ3n) is 19.2. The molecule has 0 bridgehead atoms. The van der Waals surface area contributed by atoms with Crippen molar-refractivity contribution in [2.24, 2.45) is 0 Å². The molecule has 0 N–H and O–H groups in total. The molecule has 8 aromatic carbocycles. The Labute approximate surface area is 437 Å². The van der Waals surface area contributed by atoms with E-state index in [1.165, 1.54) is 127 Å². The van der Waals surface area contributed by atoms with Crippen molar-refractivity contribution in [1.82, 2.24) is 4.57 Å². The number of anilines is 2. The fourth-order valence-electron chi connectivity index (χ4n) is 14.8. The molecule has 0 saturated carbocycles. The normalized spacial score (nSPS) is 18.1. The fraction of sp³-hybridized carbons (Fsp3) is 0.294. The zero-order chi connectivity index (χ0) is 50.5. The first-order valence-corrected chi connectivity index (χ1v) is 28.0. The Morgan fingerprint density at radius 3 is 1.76 bits per heavy atom. The van der Waals surface area contributed by atoms with E-state index in [0.717, 1.165) is 51.3 Å². The number of hydrogen-bond donors (Lipinski definition) is 0. The van der Waals surface area contributed by atoms with Crippen molar-refractivity contribution in [2.75, 3.05) is 4.81 Å². The van der Waals surface area contributed by atoms with Gasteiger partial charge >= 0.3 is 6.85 Å². The van der Waals surface area contributed by atoms with Gasteiger partial charge in [0.2, 0.25) is 0 Å². The third kappa shape index (κ3) is 5.50. The molecule has 2 aliphatic heterocycles. The molecule has 0 atom stereocenters. The number of rotatable bonds is 1. The van der Waals surface area contributed by atoms with E-state index < -0.39 is 0 Å². The Kier molecular flexibility index (Phi) is 8.10. The van der Waals surface area contributed by atoms with E-state index >= 15 is 0 Å². The van der Waals surface area contributed by atoms with Crippen molar-refractivity contribution >= 4 is 126 Å². The van der Waals surface area contributed by atoms with Crippen LogP contribution in [0.1, 0.15) is 130 Å². The van der Waals surface area contributed by atoms with Crippen molar-refractivity contribution in [1.29, 1.82) is 0 Å². The second-order valence-corrected chi connectivity index (χ2v) is 27.6. The summed E-state index contributed by atoms with van der Waals surface area (Å²) in [7, 11) is 0. The molecular formula is C68H61BN2O2S. The molecule has 16 rings (SSSR count). The summed E-state index contributed by atoms with van der Waals surface area (Å²) >= 11 is 1.97. The van der Waals surface area contributed by atoms with Crippen LogP contribution in [0.2, 0.25) is 0 Å². The summed E-state index contributed by atoms with van der Waals surface area (Å²) in [6.45, 7) is 26.4. The maximum absolute atomic E-state index is 7.42. The van der Waals surface area contributed by atoms with Crippen LogP contribution in [0, 0.1) is 0 Å². The minimum atomic E-state index is -0.208. The average molecular weight is 981 g/mol. The topological polar surface area (TPSA) is 34.5 Å². The highest BCUT2D eigenvalue weighted by atomic mass is 32.1. The second kappa shape index (κ2) is 13.7. The monoisotopic (exact) mass is 980 g/mol. The van der Waals surface area contributed by atoms with E-state index in [9.17, 15) is 0 Å². The van der Waals surface area contributed by atoms with Crippen molar-refractivity contribution in [3.05, 3.63) is 149 Å². The summed E-state index contributed by atoms with van der Waals surface area (Å²) in [4.78, 5) is 2.72. The molecule has 6 heteroatoms. The molecule has 0 spiro atoms. The van der Waals surface area contributed by atoms with Gasteiger partial charge in [0.1, 0.15) is 22.3 Å². The van der Waals surface area contributed by atoms with Crippen LogP contribution in [0.25, 0.3) is 103 Å². The van der Waals surface area contributed by atoms with Gasteiger partial charge in [0, 0.05) is 69.7 Å². The molecule has 0 radical (unpaired) electrons. The fourth-order valence-corrected chi connectivity index (χ4v) is 15.9. The van der Waals surface area contributed by atoms with Gasteiger partial charge in [0.05, 0.1) is 16.4 Å². The molecule has 364 valence electrons. The smallest absolute Gasteiger partial charge is 0.333 e. The summed E-state index contributed by atoms with van der Waals surface area (Å²) < 4.78 is 19.7. The van der Waals surface area contributed by atoms with Gasteiger partial charge in [-0.05, 0) is 170 Å². The van der Waals surface area contributed by atoms with Crippen molar-refractivity contribution in [3.8, 4) is 16.8 Å². The number of benzene rings is 8. The quantitative estimate of drug-likeness (QED) is 0.154. The Balaban J connectivity index is 1.13. The van der Waals surface area contributed by atoms with Gasteiger partial charge in [0.15, 0.2) is 0 Å². The summed E-state index contributed by atoms with van der Waals surface area (Å²) in [5.74, 6) is 0. The minimum absolute atomic E-state index is 0.00184. The lowest BCUT2D eigenvalue weighted by Crippen LogP contribution is -2.60. The second-order valence-electron chi connectivity index (χ2n) is 26.5. The number of fused-ring (bicyclic) bond motifs is 21. The number of hydrogen-bond acceptors (Lipinski definition) is 4. The van der Waals surface area contributed by atoms with Gasteiger partial charge in [-0.15, -0.1) is 11.3 Å². The molecule has 0 saturated heterocycles. The maximum Gasteiger partial charge on any atom is 0.333 e. The highest BCUT2D eigenvalue weighted by Gasteiger charge is 2.48. The number of para-hydroxylation sites is 2. The van der Waals surface area contributed by atoms with E-state index in [1.807, 2.05) is 11.3 Å². The first-order chi connectivity index (χ1) is 35.3. The molecule has 4 aliphatic rings. The van der Waals surface area contributed by atoms with Gasteiger partial charge in [-0.2, -0.15) is 0 Å². The minimum Gasteiger partial charge on any atom is -0.456 e. The molecule has 0 amide bonds. The molecule has 4 aromatic heterocycles. The Morgan fingerprint density at radius 1 is 0.514 bits per heavy atom. The van der Waals surface area contributed by atoms with Gasteiger partial charge in [-0.25, -0.2) is 0 Å². The first-order valence-electron chi connectivity index (χ1n) is 27.2. The van der Waals surface area contributed by atoms with Gasteiger partial charge < -0.3 is 18.2 Å². The molecule has 0 unspecified atom stereocenters. The van der Waals surface area contributed by atoms with Gasteiger partial charge in [-0.1, -0.05) is 125 Å².